The third-order valence-corrected chi connectivity index (χ3v) is 3.57. The molecule has 1 aromatic heterocycles. The van der Waals surface area contributed by atoms with Crippen molar-refractivity contribution in [3.05, 3.63) is 54.9 Å². The number of nitrogens with one attached hydrogen (secondary N) is 1. The quantitative estimate of drug-likeness (QED) is 0.750. The van der Waals surface area contributed by atoms with Crippen molar-refractivity contribution in [3.63, 3.8) is 0 Å². The number of benzene rings is 2. The van der Waals surface area contributed by atoms with Crippen LogP contribution in [0.3, 0.4) is 0 Å². The summed E-state index contributed by atoms with van der Waals surface area (Å²) in [6.45, 7) is 0. The summed E-state index contributed by atoms with van der Waals surface area (Å²) in [6, 6.07) is 13.6. The molecule has 0 fully saturated rings. The number of methoxy groups -OCH3 is 3. The van der Waals surface area contributed by atoms with Gasteiger partial charge in [-0.15, -0.1) is 0 Å². The summed E-state index contributed by atoms with van der Waals surface area (Å²) in [5.74, 6) is 1.76. The highest BCUT2D eigenvalue weighted by molar-refractivity contribution is 5.68. The Bertz CT molecular complexity index is 791. The van der Waals surface area contributed by atoms with E-state index in [-0.39, 0.29) is 0 Å². The molecular formula is C18H19N3O3. The highest BCUT2D eigenvalue weighted by atomic mass is 16.5. The number of anilines is 2. The van der Waals surface area contributed by atoms with Crippen LogP contribution in [0.25, 0.3) is 5.69 Å². The van der Waals surface area contributed by atoms with Gasteiger partial charge in [0.2, 0.25) is 5.75 Å². The third-order valence-electron chi connectivity index (χ3n) is 3.57. The van der Waals surface area contributed by atoms with E-state index in [0.29, 0.717) is 17.2 Å². The molecule has 24 heavy (non-hydrogen) atoms. The van der Waals surface area contributed by atoms with E-state index in [1.165, 1.54) is 0 Å². The van der Waals surface area contributed by atoms with Crippen LogP contribution < -0.4 is 19.5 Å². The van der Waals surface area contributed by atoms with Gasteiger partial charge in [-0.2, -0.15) is 5.10 Å². The molecule has 2 aromatic carbocycles. The van der Waals surface area contributed by atoms with Gasteiger partial charge < -0.3 is 19.5 Å². The van der Waals surface area contributed by atoms with Gasteiger partial charge in [0.1, 0.15) is 0 Å². The zero-order valence-electron chi connectivity index (χ0n) is 13.8. The summed E-state index contributed by atoms with van der Waals surface area (Å²) < 4.78 is 17.9. The minimum atomic E-state index is 0.566. The fourth-order valence-corrected chi connectivity index (χ4v) is 2.47. The first-order chi connectivity index (χ1) is 11.7. The summed E-state index contributed by atoms with van der Waals surface area (Å²) in [4.78, 5) is 0. The van der Waals surface area contributed by atoms with Crippen LogP contribution in [0.15, 0.2) is 54.9 Å². The molecule has 0 aliphatic rings. The first-order valence-electron chi connectivity index (χ1n) is 7.42. The van der Waals surface area contributed by atoms with Crippen molar-refractivity contribution in [2.75, 3.05) is 26.6 Å². The van der Waals surface area contributed by atoms with E-state index < -0.39 is 0 Å². The summed E-state index contributed by atoms with van der Waals surface area (Å²) >= 11 is 0. The molecular weight excluding hydrogens is 306 g/mol. The van der Waals surface area contributed by atoms with Gasteiger partial charge in [0.25, 0.3) is 0 Å². The Kier molecular flexibility index (Phi) is 4.56. The minimum absolute atomic E-state index is 0.566. The highest BCUT2D eigenvalue weighted by Crippen LogP contribution is 2.40. The van der Waals surface area contributed by atoms with Crippen LogP contribution in [0.2, 0.25) is 0 Å². The molecule has 0 saturated carbocycles. The molecule has 0 aliphatic heterocycles. The number of rotatable bonds is 6. The summed E-state index contributed by atoms with van der Waals surface area (Å²) in [5.41, 5.74) is 2.73. The summed E-state index contributed by atoms with van der Waals surface area (Å²) in [5, 5.41) is 7.59. The fourth-order valence-electron chi connectivity index (χ4n) is 2.47. The van der Waals surface area contributed by atoms with Crippen molar-refractivity contribution in [1.29, 1.82) is 0 Å². The van der Waals surface area contributed by atoms with Gasteiger partial charge in [-0.05, 0) is 24.3 Å². The van der Waals surface area contributed by atoms with Crippen molar-refractivity contribution < 1.29 is 14.2 Å². The molecule has 3 aromatic rings. The molecule has 0 spiro atoms. The van der Waals surface area contributed by atoms with Gasteiger partial charge in [-0.25, -0.2) is 4.68 Å². The Hall–Kier alpha value is -3.15. The summed E-state index contributed by atoms with van der Waals surface area (Å²) in [6.07, 6.45) is 3.65. The topological polar surface area (TPSA) is 57.5 Å². The maximum absolute atomic E-state index is 5.38. The predicted octanol–water partition coefficient (Wildman–Crippen LogP) is 3.64. The first-order valence-corrected chi connectivity index (χ1v) is 7.42. The van der Waals surface area contributed by atoms with Crippen molar-refractivity contribution in [3.8, 4) is 22.9 Å². The van der Waals surface area contributed by atoms with E-state index >= 15 is 0 Å². The standard InChI is InChI=1S/C18H19N3O3/c1-22-16-11-14(12-17(23-2)18(16)24-3)20-13-6-4-7-15(10-13)21-9-5-8-19-21/h4-12,20H,1-3H3. The Morgan fingerprint density at radius 3 is 2.21 bits per heavy atom. The molecule has 0 aliphatic carbocycles. The Balaban J connectivity index is 1.92. The molecule has 3 rings (SSSR count). The second-order valence-corrected chi connectivity index (χ2v) is 5.04. The molecule has 0 saturated heterocycles. The van der Waals surface area contributed by atoms with Crippen molar-refractivity contribution in [2.24, 2.45) is 0 Å². The largest absolute Gasteiger partial charge is 0.493 e. The lowest BCUT2D eigenvalue weighted by Crippen LogP contribution is -1.99. The van der Waals surface area contributed by atoms with Gasteiger partial charge in [0.05, 0.1) is 27.0 Å². The van der Waals surface area contributed by atoms with Crippen molar-refractivity contribution >= 4 is 11.4 Å². The van der Waals surface area contributed by atoms with Crippen LogP contribution in [-0.4, -0.2) is 31.1 Å². The monoisotopic (exact) mass is 325 g/mol. The highest BCUT2D eigenvalue weighted by Gasteiger charge is 2.13. The molecule has 0 amide bonds. The number of aromatic nitrogens is 2. The van der Waals surface area contributed by atoms with E-state index in [4.69, 9.17) is 14.2 Å². The van der Waals surface area contributed by atoms with Crippen LogP contribution in [0.4, 0.5) is 11.4 Å². The van der Waals surface area contributed by atoms with Crippen LogP contribution in [0, 0.1) is 0 Å². The van der Waals surface area contributed by atoms with Gasteiger partial charge in [-0.1, -0.05) is 6.07 Å². The Morgan fingerprint density at radius 2 is 1.62 bits per heavy atom. The molecule has 0 bridgehead atoms. The van der Waals surface area contributed by atoms with E-state index in [1.54, 1.807) is 32.2 Å². The van der Waals surface area contributed by atoms with E-state index in [2.05, 4.69) is 10.4 Å². The number of nitrogens with zero attached hydrogens (tertiary/aromatic N) is 2. The minimum Gasteiger partial charge on any atom is -0.493 e. The second kappa shape index (κ2) is 6.95. The lowest BCUT2D eigenvalue weighted by atomic mass is 10.2. The average Bonchev–Trinajstić information content (AvgIpc) is 3.15. The fraction of sp³-hybridized carbons (Fsp3) is 0.167. The number of hydrogen-bond donors (Lipinski definition) is 1. The molecule has 0 radical (unpaired) electrons. The number of hydrogen-bond acceptors (Lipinski definition) is 5. The van der Waals surface area contributed by atoms with Crippen LogP contribution >= 0.6 is 0 Å². The molecule has 1 heterocycles. The Morgan fingerprint density at radius 1 is 0.875 bits per heavy atom. The van der Waals surface area contributed by atoms with Crippen LogP contribution in [0.1, 0.15) is 0 Å². The smallest absolute Gasteiger partial charge is 0.203 e. The maximum atomic E-state index is 5.38. The van der Waals surface area contributed by atoms with Crippen LogP contribution in [0.5, 0.6) is 17.2 Å². The number of ether oxygens (including phenoxy) is 3. The lowest BCUT2D eigenvalue weighted by molar-refractivity contribution is 0.324. The first kappa shape index (κ1) is 15.7. The maximum Gasteiger partial charge on any atom is 0.203 e. The molecule has 0 atom stereocenters. The normalized spacial score (nSPS) is 10.3. The van der Waals surface area contributed by atoms with Crippen LogP contribution in [-0.2, 0) is 0 Å². The van der Waals surface area contributed by atoms with Gasteiger partial charge >= 0.3 is 0 Å². The predicted molar refractivity (Wildman–Crippen MR) is 92.9 cm³/mol. The SMILES string of the molecule is COc1cc(Nc2cccc(-n3cccn3)c2)cc(OC)c1OC. The summed E-state index contributed by atoms with van der Waals surface area (Å²) in [7, 11) is 4.78. The average molecular weight is 325 g/mol. The Labute approximate surface area is 140 Å². The second-order valence-electron chi connectivity index (χ2n) is 5.04. The van der Waals surface area contributed by atoms with Gasteiger partial charge in [0.15, 0.2) is 11.5 Å². The van der Waals surface area contributed by atoms with Crippen molar-refractivity contribution in [1.82, 2.24) is 9.78 Å². The molecule has 0 unspecified atom stereocenters. The zero-order chi connectivity index (χ0) is 16.9. The van der Waals surface area contributed by atoms with E-state index in [1.807, 2.05) is 48.7 Å². The van der Waals surface area contributed by atoms with Gasteiger partial charge in [-0.3, -0.25) is 0 Å². The molecule has 6 nitrogen and oxygen atoms in total. The molecule has 124 valence electrons. The lowest BCUT2D eigenvalue weighted by Gasteiger charge is -2.15. The third kappa shape index (κ3) is 3.12. The molecule has 6 heteroatoms. The van der Waals surface area contributed by atoms with E-state index in [9.17, 15) is 0 Å². The molecule has 1 N–H and O–H groups in total. The van der Waals surface area contributed by atoms with E-state index in [0.717, 1.165) is 17.1 Å². The zero-order valence-corrected chi connectivity index (χ0v) is 13.8. The van der Waals surface area contributed by atoms with Crippen molar-refractivity contribution in [2.45, 2.75) is 0 Å². The van der Waals surface area contributed by atoms with Gasteiger partial charge in [0, 0.05) is 35.9 Å².